The van der Waals surface area contributed by atoms with Crippen molar-refractivity contribution in [1.82, 2.24) is 0 Å². The van der Waals surface area contributed by atoms with Gasteiger partial charge in [0.05, 0.1) is 12.9 Å². The molecule has 0 heterocycles. The summed E-state index contributed by atoms with van der Waals surface area (Å²) in [7, 11) is -2.45. The first-order valence-electron chi connectivity index (χ1n) is 4.91. The van der Waals surface area contributed by atoms with Crippen LogP contribution in [0.4, 0.5) is 0 Å². The summed E-state index contributed by atoms with van der Waals surface area (Å²) < 4.78 is 28.2. The van der Waals surface area contributed by atoms with Gasteiger partial charge in [-0.25, -0.2) is 8.42 Å². The molecule has 0 bridgehead atoms. The Balaban J connectivity index is 2.95. The van der Waals surface area contributed by atoms with Crippen molar-refractivity contribution in [3.05, 3.63) is 34.9 Å². The molecule has 94 valence electrons. The highest BCUT2D eigenvalue weighted by molar-refractivity contribution is 7.92. The number of rotatable bonds is 4. The van der Waals surface area contributed by atoms with Crippen LogP contribution in [-0.4, -0.2) is 26.7 Å². The van der Waals surface area contributed by atoms with Crippen molar-refractivity contribution in [3.8, 4) is 0 Å². The van der Waals surface area contributed by atoms with Crippen molar-refractivity contribution >= 4 is 27.4 Å². The third kappa shape index (κ3) is 3.44. The highest BCUT2D eigenvalue weighted by Crippen LogP contribution is 2.20. The Hall–Kier alpha value is -1.07. The van der Waals surface area contributed by atoms with E-state index in [1.54, 1.807) is 24.3 Å². The van der Waals surface area contributed by atoms with Crippen LogP contribution < -0.4 is 0 Å². The number of methoxy groups -OCH3 is 1. The van der Waals surface area contributed by atoms with Crippen molar-refractivity contribution in [2.24, 2.45) is 0 Å². The van der Waals surface area contributed by atoms with Crippen LogP contribution in [0.15, 0.2) is 24.3 Å². The second-order valence-corrected chi connectivity index (χ2v) is 6.29. The first kappa shape index (κ1) is 14.0. The lowest BCUT2D eigenvalue weighted by Crippen LogP contribution is -2.29. The zero-order chi connectivity index (χ0) is 13.1. The fourth-order valence-corrected chi connectivity index (χ4v) is 2.88. The second kappa shape index (κ2) is 5.51. The van der Waals surface area contributed by atoms with E-state index in [-0.39, 0.29) is 5.75 Å². The Morgan fingerprint density at radius 3 is 2.53 bits per heavy atom. The van der Waals surface area contributed by atoms with E-state index >= 15 is 0 Å². The first-order valence-corrected chi connectivity index (χ1v) is 7.00. The van der Waals surface area contributed by atoms with Crippen LogP contribution >= 0.6 is 11.6 Å². The summed E-state index contributed by atoms with van der Waals surface area (Å²) in [6.07, 6.45) is 0. The molecule has 1 unspecified atom stereocenters. The van der Waals surface area contributed by atoms with Crippen LogP contribution in [0.2, 0.25) is 5.02 Å². The van der Waals surface area contributed by atoms with Gasteiger partial charge in [-0.15, -0.1) is 0 Å². The van der Waals surface area contributed by atoms with Gasteiger partial charge in [-0.3, -0.25) is 4.79 Å². The molecule has 1 atom stereocenters. The zero-order valence-corrected chi connectivity index (χ0v) is 11.1. The lowest BCUT2D eigenvalue weighted by Gasteiger charge is -2.11. The molecule has 0 saturated heterocycles. The van der Waals surface area contributed by atoms with Crippen LogP contribution in [0.3, 0.4) is 0 Å². The van der Waals surface area contributed by atoms with Gasteiger partial charge < -0.3 is 4.74 Å². The fourth-order valence-electron chi connectivity index (χ4n) is 1.27. The molecule has 0 aliphatic carbocycles. The predicted molar refractivity (Wildman–Crippen MR) is 65.6 cm³/mol. The van der Waals surface area contributed by atoms with Crippen molar-refractivity contribution in [3.63, 3.8) is 0 Å². The summed E-state index contributed by atoms with van der Waals surface area (Å²) >= 11 is 5.87. The maximum absolute atomic E-state index is 11.9. The Kier molecular flexibility index (Phi) is 4.54. The van der Waals surface area contributed by atoms with Gasteiger partial charge in [0.15, 0.2) is 15.1 Å². The fraction of sp³-hybridized carbons (Fsp3) is 0.364. The third-order valence-corrected chi connectivity index (χ3v) is 4.74. The van der Waals surface area contributed by atoms with E-state index in [2.05, 4.69) is 4.74 Å². The van der Waals surface area contributed by atoms with Gasteiger partial charge in [0.2, 0.25) is 0 Å². The zero-order valence-electron chi connectivity index (χ0n) is 9.51. The number of hydrogen-bond acceptors (Lipinski definition) is 4. The van der Waals surface area contributed by atoms with E-state index in [1.165, 1.54) is 6.92 Å². The monoisotopic (exact) mass is 276 g/mol. The summed E-state index contributed by atoms with van der Waals surface area (Å²) in [4.78, 5) is 11.2. The molecule has 0 aliphatic heterocycles. The minimum atomic E-state index is -3.61. The highest BCUT2D eigenvalue weighted by atomic mass is 35.5. The van der Waals surface area contributed by atoms with E-state index in [0.29, 0.717) is 10.6 Å². The lowest BCUT2D eigenvalue weighted by molar-refractivity contribution is -0.139. The number of carbonyl (C=O) groups is 1. The number of benzene rings is 1. The molecule has 0 radical (unpaired) electrons. The highest BCUT2D eigenvalue weighted by Gasteiger charge is 2.29. The van der Waals surface area contributed by atoms with Gasteiger partial charge in [-0.2, -0.15) is 0 Å². The Morgan fingerprint density at radius 2 is 2.00 bits per heavy atom. The minimum Gasteiger partial charge on any atom is -0.468 e. The molecule has 0 amide bonds. The Morgan fingerprint density at radius 1 is 1.41 bits per heavy atom. The Labute approximate surface area is 105 Å². The largest absolute Gasteiger partial charge is 0.468 e. The van der Waals surface area contributed by atoms with Crippen LogP contribution in [0.5, 0.6) is 0 Å². The second-order valence-electron chi connectivity index (χ2n) is 3.56. The molecule has 1 aromatic carbocycles. The molecule has 6 heteroatoms. The van der Waals surface area contributed by atoms with Crippen LogP contribution in [0.25, 0.3) is 0 Å². The normalized spacial score (nSPS) is 13.1. The molecule has 0 spiro atoms. The summed E-state index contributed by atoms with van der Waals surface area (Å²) in [5, 5.41) is -0.822. The molecule has 4 nitrogen and oxygen atoms in total. The van der Waals surface area contributed by atoms with Crippen LogP contribution in [0, 0.1) is 0 Å². The van der Waals surface area contributed by atoms with Gasteiger partial charge in [0.1, 0.15) is 0 Å². The van der Waals surface area contributed by atoms with Crippen molar-refractivity contribution in [2.75, 3.05) is 7.11 Å². The molecule has 1 rings (SSSR count). The number of ether oxygens (including phenoxy) is 1. The summed E-state index contributed by atoms with van der Waals surface area (Å²) in [5.41, 5.74) is 0.477. The van der Waals surface area contributed by atoms with E-state index in [9.17, 15) is 13.2 Å². The number of hydrogen-bond donors (Lipinski definition) is 0. The standard InChI is InChI=1S/C11H13ClO4S/c1-8(11(13)16-2)17(14,15)7-9-5-3-4-6-10(9)12/h3-6,8H,7H2,1-2H3. The van der Waals surface area contributed by atoms with E-state index in [4.69, 9.17) is 11.6 Å². The molecular weight excluding hydrogens is 264 g/mol. The van der Waals surface area contributed by atoms with Crippen LogP contribution in [0.1, 0.15) is 12.5 Å². The van der Waals surface area contributed by atoms with Gasteiger partial charge in [0, 0.05) is 5.02 Å². The molecule has 1 aromatic rings. The molecular formula is C11H13ClO4S. The van der Waals surface area contributed by atoms with Crippen molar-refractivity contribution in [1.29, 1.82) is 0 Å². The van der Waals surface area contributed by atoms with Gasteiger partial charge in [-0.05, 0) is 18.6 Å². The molecule has 0 aliphatic rings. The summed E-state index contributed by atoms with van der Waals surface area (Å²) in [5.74, 6) is -1.04. The van der Waals surface area contributed by atoms with Crippen molar-refractivity contribution in [2.45, 2.75) is 17.9 Å². The molecule has 0 fully saturated rings. The predicted octanol–water partition coefficient (Wildman–Crippen LogP) is 1.82. The topological polar surface area (TPSA) is 60.4 Å². The van der Waals surface area contributed by atoms with Gasteiger partial charge in [-0.1, -0.05) is 29.8 Å². The first-order chi connectivity index (χ1) is 7.88. The van der Waals surface area contributed by atoms with Crippen molar-refractivity contribution < 1.29 is 17.9 Å². The Bertz CT molecular complexity index is 510. The lowest BCUT2D eigenvalue weighted by atomic mass is 10.2. The SMILES string of the molecule is COC(=O)C(C)S(=O)(=O)Cc1ccccc1Cl. The third-order valence-electron chi connectivity index (χ3n) is 2.39. The number of carbonyl (C=O) groups excluding carboxylic acids is 1. The van der Waals surface area contributed by atoms with E-state index in [0.717, 1.165) is 7.11 Å². The number of sulfone groups is 1. The van der Waals surface area contributed by atoms with E-state index < -0.39 is 21.1 Å². The number of esters is 1. The van der Waals surface area contributed by atoms with Crippen LogP contribution in [-0.2, 0) is 25.1 Å². The minimum absolute atomic E-state index is 0.275. The molecule has 0 aromatic heterocycles. The molecule has 0 N–H and O–H groups in total. The van der Waals surface area contributed by atoms with Gasteiger partial charge >= 0.3 is 5.97 Å². The molecule has 0 saturated carbocycles. The van der Waals surface area contributed by atoms with Gasteiger partial charge in [0.25, 0.3) is 0 Å². The smallest absolute Gasteiger partial charge is 0.323 e. The van der Waals surface area contributed by atoms with E-state index in [1.807, 2.05) is 0 Å². The number of halogens is 1. The summed E-state index contributed by atoms with van der Waals surface area (Å²) in [6, 6.07) is 6.63. The quantitative estimate of drug-likeness (QED) is 0.787. The average molecular weight is 277 g/mol. The molecule has 17 heavy (non-hydrogen) atoms. The maximum Gasteiger partial charge on any atom is 0.323 e. The summed E-state index contributed by atoms with van der Waals surface area (Å²) in [6.45, 7) is 1.30. The maximum atomic E-state index is 11.9. The average Bonchev–Trinajstić information content (AvgIpc) is 2.30.